The average molecular weight is 261 g/mol. The molecule has 0 radical (unpaired) electrons. The standard InChI is InChI=1S/C16H27N3/c1-5-15(17-6-2)16-8-7-14(9-18-16)19-10-12(3)13(4)11-19/h7-9,12-13,15,17H,5-6,10-11H2,1-4H3. The number of anilines is 1. The van der Waals surface area contributed by atoms with Crippen molar-refractivity contribution in [2.24, 2.45) is 11.8 Å². The highest BCUT2D eigenvalue weighted by Crippen LogP contribution is 2.27. The van der Waals surface area contributed by atoms with Gasteiger partial charge < -0.3 is 10.2 Å². The fourth-order valence-corrected chi connectivity index (χ4v) is 2.84. The van der Waals surface area contributed by atoms with Gasteiger partial charge in [0.2, 0.25) is 0 Å². The third-order valence-corrected chi connectivity index (χ3v) is 4.34. The monoisotopic (exact) mass is 261 g/mol. The van der Waals surface area contributed by atoms with E-state index in [9.17, 15) is 0 Å². The molecule has 3 heteroatoms. The molecule has 0 amide bonds. The molecule has 1 N–H and O–H groups in total. The number of aromatic nitrogens is 1. The predicted octanol–water partition coefficient (Wildman–Crippen LogP) is 3.23. The van der Waals surface area contributed by atoms with Gasteiger partial charge in [-0.15, -0.1) is 0 Å². The average Bonchev–Trinajstić information content (AvgIpc) is 2.76. The van der Waals surface area contributed by atoms with Gasteiger partial charge in [-0.3, -0.25) is 4.98 Å². The summed E-state index contributed by atoms with van der Waals surface area (Å²) in [6.45, 7) is 12.3. The number of hydrogen-bond donors (Lipinski definition) is 1. The Morgan fingerprint density at radius 3 is 2.42 bits per heavy atom. The minimum absolute atomic E-state index is 0.385. The first kappa shape index (κ1) is 14.3. The van der Waals surface area contributed by atoms with Crippen molar-refractivity contribution < 1.29 is 0 Å². The second-order valence-electron chi connectivity index (χ2n) is 5.82. The van der Waals surface area contributed by atoms with Crippen LogP contribution in [-0.2, 0) is 0 Å². The fourth-order valence-electron chi connectivity index (χ4n) is 2.84. The summed E-state index contributed by atoms with van der Waals surface area (Å²) in [6.07, 6.45) is 3.12. The van der Waals surface area contributed by atoms with Gasteiger partial charge in [0, 0.05) is 19.1 Å². The van der Waals surface area contributed by atoms with Crippen LogP contribution in [0.15, 0.2) is 18.3 Å². The van der Waals surface area contributed by atoms with E-state index in [0.29, 0.717) is 6.04 Å². The fraction of sp³-hybridized carbons (Fsp3) is 0.688. The van der Waals surface area contributed by atoms with Gasteiger partial charge in [0.15, 0.2) is 0 Å². The summed E-state index contributed by atoms with van der Waals surface area (Å²) in [5, 5.41) is 3.48. The summed E-state index contributed by atoms with van der Waals surface area (Å²) in [6, 6.07) is 4.79. The first-order valence-corrected chi connectivity index (χ1v) is 7.60. The van der Waals surface area contributed by atoms with Crippen molar-refractivity contribution in [1.29, 1.82) is 0 Å². The van der Waals surface area contributed by atoms with Crippen molar-refractivity contribution in [3.8, 4) is 0 Å². The lowest BCUT2D eigenvalue weighted by Gasteiger charge is -2.20. The highest BCUT2D eigenvalue weighted by atomic mass is 15.2. The van der Waals surface area contributed by atoms with E-state index in [1.165, 1.54) is 5.69 Å². The third kappa shape index (κ3) is 3.27. The first-order valence-electron chi connectivity index (χ1n) is 7.60. The molecule has 0 aromatic carbocycles. The SMILES string of the molecule is CCNC(CC)c1ccc(N2CC(C)C(C)C2)cn1. The molecule has 3 unspecified atom stereocenters. The van der Waals surface area contributed by atoms with Gasteiger partial charge in [0.05, 0.1) is 17.6 Å². The van der Waals surface area contributed by atoms with Crippen LogP contribution in [0.1, 0.15) is 45.9 Å². The van der Waals surface area contributed by atoms with E-state index in [1.54, 1.807) is 0 Å². The van der Waals surface area contributed by atoms with Crippen molar-refractivity contribution in [2.45, 2.75) is 40.2 Å². The first-order chi connectivity index (χ1) is 9.15. The lowest BCUT2D eigenvalue weighted by Crippen LogP contribution is -2.22. The van der Waals surface area contributed by atoms with E-state index >= 15 is 0 Å². The Kier molecular flexibility index (Phi) is 4.81. The maximum absolute atomic E-state index is 4.66. The van der Waals surface area contributed by atoms with Crippen molar-refractivity contribution in [3.05, 3.63) is 24.0 Å². The number of rotatable bonds is 5. The molecule has 2 rings (SSSR count). The van der Waals surface area contributed by atoms with Crippen molar-refractivity contribution in [3.63, 3.8) is 0 Å². The van der Waals surface area contributed by atoms with Crippen LogP contribution in [0.2, 0.25) is 0 Å². The highest BCUT2D eigenvalue weighted by Gasteiger charge is 2.26. The van der Waals surface area contributed by atoms with Gasteiger partial charge in [-0.2, -0.15) is 0 Å². The number of hydrogen-bond acceptors (Lipinski definition) is 3. The molecule has 1 aromatic heterocycles. The number of nitrogens with one attached hydrogen (secondary N) is 1. The zero-order valence-corrected chi connectivity index (χ0v) is 12.7. The van der Waals surface area contributed by atoms with Gasteiger partial charge in [0.1, 0.15) is 0 Å². The van der Waals surface area contributed by atoms with Crippen LogP contribution in [0.25, 0.3) is 0 Å². The molecule has 19 heavy (non-hydrogen) atoms. The summed E-state index contributed by atoms with van der Waals surface area (Å²) >= 11 is 0. The molecule has 2 heterocycles. The molecule has 1 aromatic rings. The molecule has 1 aliphatic rings. The summed E-state index contributed by atoms with van der Waals surface area (Å²) in [7, 11) is 0. The summed E-state index contributed by atoms with van der Waals surface area (Å²) in [5.41, 5.74) is 2.43. The maximum Gasteiger partial charge on any atom is 0.0574 e. The van der Waals surface area contributed by atoms with Crippen LogP contribution in [0.4, 0.5) is 5.69 Å². The Morgan fingerprint density at radius 1 is 1.26 bits per heavy atom. The lowest BCUT2D eigenvalue weighted by molar-refractivity contribution is 0.494. The Hall–Kier alpha value is -1.09. The van der Waals surface area contributed by atoms with Crippen molar-refractivity contribution in [2.75, 3.05) is 24.5 Å². The molecule has 0 aliphatic carbocycles. The Balaban J connectivity index is 2.06. The van der Waals surface area contributed by atoms with E-state index in [-0.39, 0.29) is 0 Å². The molecule has 0 saturated carbocycles. The van der Waals surface area contributed by atoms with Crippen LogP contribution in [-0.4, -0.2) is 24.6 Å². The van der Waals surface area contributed by atoms with Crippen LogP contribution < -0.4 is 10.2 Å². The molecule has 1 fully saturated rings. The van der Waals surface area contributed by atoms with E-state index < -0.39 is 0 Å². The molecule has 1 saturated heterocycles. The van der Waals surface area contributed by atoms with E-state index in [0.717, 1.165) is 43.6 Å². The minimum atomic E-state index is 0.385. The zero-order valence-electron chi connectivity index (χ0n) is 12.7. The van der Waals surface area contributed by atoms with E-state index in [1.807, 2.05) is 6.20 Å². The molecule has 0 spiro atoms. The third-order valence-electron chi connectivity index (χ3n) is 4.34. The second kappa shape index (κ2) is 6.38. The van der Waals surface area contributed by atoms with Crippen LogP contribution in [0.3, 0.4) is 0 Å². The normalized spacial score (nSPS) is 24.7. The zero-order chi connectivity index (χ0) is 13.8. The van der Waals surface area contributed by atoms with Gasteiger partial charge >= 0.3 is 0 Å². The topological polar surface area (TPSA) is 28.2 Å². The largest absolute Gasteiger partial charge is 0.370 e. The van der Waals surface area contributed by atoms with Gasteiger partial charge in [-0.1, -0.05) is 27.7 Å². The Bertz CT molecular complexity index is 377. The highest BCUT2D eigenvalue weighted by molar-refractivity contribution is 5.46. The van der Waals surface area contributed by atoms with Crippen LogP contribution in [0, 0.1) is 11.8 Å². The number of pyridine rings is 1. The van der Waals surface area contributed by atoms with Gasteiger partial charge in [-0.25, -0.2) is 0 Å². The quantitative estimate of drug-likeness (QED) is 0.882. The van der Waals surface area contributed by atoms with Crippen LogP contribution >= 0.6 is 0 Å². The minimum Gasteiger partial charge on any atom is -0.370 e. The summed E-state index contributed by atoms with van der Waals surface area (Å²) < 4.78 is 0. The molecular weight excluding hydrogens is 234 g/mol. The van der Waals surface area contributed by atoms with Crippen LogP contribution in [0.5, 0.6) is 0 Å². The Labute approximate surface area is 117 Å². The molecule has 3 nitrogen and oxygen atoms in total. The maximum atomic E-state index is 4.66. The van der Waals surface area contributed by atoms with Crippen molar-refractivity contribution >= 4 is 5.69 Å². The second-order valence-corrected chi connectivity index (χ2v) is 5.82. The van der Waals surface area contributed by atoms with Gasteiger partial charge in [-0.05, 0) is 36.9 Å². The predicted molar refractivity (Wildman–Crippen MR) is 81.5 cm³/mol. The summed E-state index contributed by atoms with van der Waals surface area (Å²) in [5.74, 6) is 1.56. The molecule has 3 atom stereocenters. The summed E-state index contributed by atoms with van der Waals surface area (Å²) in [4.78, 5) is 7.12. The van der Waals surface area contributed by atoms with Gasteiger partial charge in [0.25, 0.3) is 0 Å². The van der Waals surface area contributed by atoms with E-state index in [2.05, 4.69) is 55.0 Å². The molecular formula is C16H27N3. The number of nitrogens with zero attached hydrogens (tertiary/aromatic N) is 2. The van der Waals surface area contributed by atoms with E-state index in [4.69, 9.17) is 0 Å². The smallest absolute Gasteiger partial charge is 0.0574 e. The molecule has 1 aliphatic heterocycles. The Morgan fingerprint density at radius 2 is 1.95 bits per heavy atom. The lowest BCUT2D eigenvalue weighted by atomic mass is 10.0. The molecule has 106 valence electrons. The molecule has 0 bridgehead atoms. The van der Waals surface area contributed by atoms with Crippen molar-refractivity contribution in [1.82, 2.24) is 10.3 Å².